The molecule has 4 aromatic rings. The van der Waals surface area contributed by atoms with E-state index in [-0.39, 0.29) is 17.9 Å². The molecule has 0 fully saturated rings. The van der Waals surface area contributed by atoms with Gasteiger partial charge in [-0.3, -0.25) is 9.59 Å². The Morgan fingerprint density at radius 1 is 1.16 bits per heavy atom. The third-order valence-corrected chi connectivity index (χ3v) is 4.36. The molecular weight excluding hydrogens is 342 g/mol. The van der Waals surface area contributed by atoms with E-state index in [0.29, 0.717) is 32.4 Å². The van der Waals surface area contributed by atoms with Crippen LogP contribution in [0.3, 0.4) is 0 Å². The van der Waals surface area contributed by atoms with E-state index >= 15 is 0 Å². The number of benzene rings is 1. The SMILES string of the molecule is O=C(Cc1n[nH]c(=O)c2ccccc12)Nc1nnc(-c2ccco2)s1. The average Bonchev–Trinajstić information content (AvgIpc) is 3.29. The van der Waals surface area contributed by atoms with Crippen molar-refractivity contribution in [3.05, 3.63) is 58.7 Å². The third-order valence-electron chi connectivity index (χ3n) is 3.51. The van der Waals surface area contributed by atoms with Crippen molar-refractivity contribution < 1.29 is 9.21 Å². The van der Waals surface area contributed by atoms with Crippen LogP contribution in [-0.4, -0.2) is 26.3 Å². The van der Waals surface area contributed by atoms with Crippen LogP contribution in [0.4, 0.5) is 5.13 Å². The van der Waals surface area contributed by atoms with Gasteiger partial charge < -0.3 is 9.73 Å². The first kappa shape index (κ1) is 15.2. The van der Waals surface area contributed by atoms with Gasteiger partial charge in [-0.1, -0.05) is 29.5 Å². The van der Waals surface area contributed by atoms with Crippen LogP contribution in [0.5, 0.6) is 0 Å². The van der Waals surface area contributed by atoms with Crippen molar-refractivity contribution in [3.63, 3.8) is 0 Å². The Labute approximate surface area is 144 Å². The van der Waals surface area contributed by atoms with Crippen LogP contribution < -0.4 is 10.9 Å². The minimum Gasteiger partial charge on any atom is -0.462 e. The second kappa shape index (κ2) is 6.29. The van der Waals surface area contributed by atoms with Crippen molar-refractivity contribution in [1.82, 2.24) is 20.4 Å². The highest BCUT2D eigenvalue weighted by Gasteiger charge is 2.14. The number of fused-ring (bicyclic) bond motifs is 1. The Bertz CT molecular complexity index is 1100. The molecule has 3 aromatic heterocycles. The summed E-state index contributed by atoms with van der Waals surface area (Å²) in [4.78, 5) is 24.1. The number of nitrogens with zero attached hydrogens (tertiary/aromatic N) is 3. The quantitative estimate of drug-likeness (QED) is 0.581. The molecule has 0 atom stereocenters. The van der Waals surface area contributed by atoms with E-state index in [2.05, 4.69) is 25.7 Å². The largest absolute Gasteiger partial charge is 0.462 e. The number of hydrogen-bond donors (Lipinski definition) is 2. The maximum atomic E-state index is 12.3. The fourth-order valence-electron chi connectivity index (χ4n) is 2.40. The molecule has 3 heterocycles. The molecule has 1 amide bonds. The van der Waals surface area contributed by atoms with Crippen molar-refractivity contribution >= 4 is 33.1 Å². The highest BCUT2D eigenvalue weighted by molar-refractivity contribution is 7.18. The molecule has 0 aliphatic carbocycles. The molecular formula is C16H11N5O3S. The molecule has 0 aliphatic heterocycles. The van der Waals surface area contributed by atoms with Crippen LogP contribution in [-0.2, 0) is 11.2 Å². The number of nitrogens with one attached hydrogen (secondary N) is 2. The first-order chi connectivity index (χ1) is 12.2. The zero-order chi connectivity index (χ0) is 17.2. The number of carbonyl (C=O) groups is 1. The Morgan fingerprint density at radius 2 is 2.00 bits per heavy atom. The van der Waals surface area contributed by atoms with E-state index < -0.39 is 0 Å². The maximum Gasteiger partial charge on any atom is 0.272 e. The lowest BCUT2D eigenvalue weighted by Gasteiger charge is -2.04. The van der Waals surface area contributed by atoms with Crippen molar-refractivity contribution in [3.8, 4) is 10.8 Å². The van der Waals surface area contributed by atoms with Gasteiger partial charge in [0.1, 0.15) is 0 Å². The summed E-state index contributed by atoms with van der Waals surface area (Å²) in [5.41, 5.74) is 0.204. The second-order valence-corrected chi connectivity index (χ2v) is 6.14. The van der Waals surface area contributed by atoms with Crippen LogP contribution in [0.25, 0.3) is 21.5 Å². The second-order valence-electron chi connectivity index (χ2n) is 5.16. The number of hydrogen-bond acceptors (Lipinski definition) is 7. The van der Waals surface area contributed by atoms with Gasteiger partial charge in [-0.15, -0.1) is 10.2 Å². The molecule has 2 N–H and O–H groups in total. The van der Waals surface area contributed by atoms with Crippen molar-refractivity contribution in [1.29, 1.82) is 0 Å². The zero-order valence-corrected chi connectivity index (χ0v) is 13.5. The molecule has 25 heavy (non-hydrogen) atoms. The van der Waals surface area contributed by atoms with Crippen LogP contribution in [0.1, 0.15) is 5.69 Å². The van der Waals surface area contributed by atoms with E-state index in [9.17, 15) is 9.59 Å². The lowest BCUT2D eigenvalue weighted by molar-refractivity contribution is -0.115. The fourth-order valence-corrected chi connectivity index (χ4v) is 3.12. The molecule has 1 aromatic carbocycles. The molecule has 0 saturated heterocycles. The summed E-state index contributed by atoms with van der Waals surface area (Å²) in [6, 6.07) is 10.5. The van der Waals surface area contributed by atoms with E-state index in [1.165, 1.54) is 11.3 Å². The van der Waals surface area contributed by atoms with Gasteiger partial charge in [0.05, 0.1) is 23.8 Å². The number of aromatic nitrogens is 4. The van der Waals surface area contributed by atoms with Crippen LogP contribution in [0.15, 0.2) is 51.9 Å². The Morgan fingerprint density at radius 3 is 2.80 bits per heavy atom. The van der Waals surface area contributed by atoms with E-state index in [1.54, 1.807) is 42.7 Å². The molecule has 9 heteroatoms. The lowest BCUT2D eigenvalue weighted by atomic mass is 10.1. The molecule has 8 nitrogen and oxygen atoms in total. The highest BCUT2D eigenvalue weighted by Crippen LogP contribution is 2.26. The highest BCUT2D eigenvalue weighted by atomic mass is 32.1. The predicted molar refractivity (Wildman–Crippen MR) is 92.3 cm³/mol. The smallest absolute Gasteiger partial charge is 0.272 e. The van der Waals surface area contributed by atoms with Crippen LogP contribution in [0, 0.1) is 0 Å². The maximum absolute atomic E-state index is 12.3. The monoisotopic (exact) mass is 353 g/mol. The number of H-pyrrole nitrogens is 1. The molecule has 124 valence electrons. The third kappa shape index (κ3) is 3.04. The number of rotatable bonds is 4. The Hall–Kier alpha value is -3.33. The summed E-state index contributed by atoms with van der Waals surface area (Å²) in [5.74, 6) is 0.290. The minimum absolute atomic E-state index is 0.00690. The fraction of sp³-hybridized carbons (Fsp3) is 0.0625. The molecule has 4 rings (SSSR count). The average molecular weight is 353 g/mol. The van der Waals surface area contributed by atoms with E-state index in [4.69, 9.17) is 4.42 Å². The first-order valence-corrected chi connectivity index (χ1v) is 8.16. The summed E-state index contributed by atoms with van der Waals surface area (Å²) in [6.45, 7) is 0. The molecule has 0 saturated carbocycles. The number of aromatic amines is 1. The summed E-state index contributed by atoms with van der Waals surface area (Å²) >= 11 is 1.21. The standard InChI is InChI=1S/C16H11N5O3S/c22-13(17-16-21-20-15(25-16)12-6-3-7-24-12)8-11-9-4-1-2-5-10(9)14(23)19-18-11/h1-7H,8H2,(H,19,23)(H,17,21,22). The summed E-state index contributed by atoms with van der Waals surface area (Å²) in [6.07, 6.45) is 1.55. The summed E-state index contributed by atoms with van der Waals surface area (Å²) in [7, 11) is 0. The van der Waals surface area contributed by atoms with Crippen LogP contribution >= 0.6 is 11.3 Å². The zero-order valence-electron chi connectivity index (χ0n) is 12.7. The van der Waals surface area contributed by atoms with E-state index in [0.717, 1.165) is 0 Å². The van der Waals surface area contributed by atoms with Crippen molar-refractivity contribution in [2.45, 2.75) is 6.42 Å². The Kier molecular flexibility index (Phi) is 3.82. The van der Waals surface area contributed by atoms with Gasteiger partial charge in [-0.25, -0.2) is 5.10 Å². The van der Waals surface area contributed by atoms with Gasteiger partial charge in [0.2, 0.25) is 11.0 Å². The minimum atomic E-state index is -0.299. The van der Waals surface area contributed by atoms with Gasteiger partial charge >= 0.3 is 0 Å². The van der Waals surface area contributed by atoms with Gasteiger partial charge in [-0.2, -0.15) is 5.10 Å². The normalized spacial score (nSPS) is 10.9. The summed E-state index contributed by atoms with van der Waals surface area (Å²) < 4.78 is 5.24. The number of anilines is 1. The van der Waals surface area contributed by atoms with Crippen molar-refractivity contribution in [2.75, 3.05) is 5.32 Å². The van der Waals surface area contributed by atoms with Gasteiger partial charge in [-0.05, 0) is 18.2 Å². The topological polar surface area (TPSA) is 114 Å². The number of amides is 1. The molecule has 0 bridgehead atoms. The predicted octanol–water partition coefficient (Wildman–Crippen LogP) is 2.22. The molecule has 0 spiro atoms. The molecule has 0 aliphatic rings. The first-order valence-electron chi connectivity index (χ1n) is 7.34. The van der Waals surface area contributed by atoms with Gasteiger partial charge in [0.25, 0.3) is 5.56 Å². The van der Waals surface area contributed by atoms with E-state index in [1.807, 2.05) is 0 Å². The van der Waals surface area contributed by atoms with Gasteiger partial charge in [0, 0.05) is 5.39 Å². The number of furan rings is 1. The summed E-state index contributed by atoms with van der Waals surface area (Å²) in [5, 5.41) is 19.1. The van der Waals surface area contributed by atoms with Gasteiger partial charge in [0.15, 0.2) is 10.8 Å². The lowest BCUT2D eigenvalue weighted by Crippen LogP contribution is -2.18. The number of carbonyl (C=O) groups excluding carboxylic acids is 1. The van der Waals surface area contributed by atoms with Crippen LogP contribution in [0.2, 0.25) is 0 Å². The molecule has 0 unspecified atom stereocenters. The molecule has 0 radical (unpaired) electrons. The Balaban J connectivity index is 1.53. The van der Waals surface area contributed by atoms with Crippen molar-refractivity contribution in [2.24, 2.45) is 0 Å².